The summed E-state index contributed by atoms with van der Waals surface area (Å²) in [6.45, 7) is 1.82. The van der Waals surface area contributed by atoms with E-state index in [2.05, 4.69) is 15.8 Å². The van der Waals surface area contributed by atoms with E-state index < -0.39 is 11.8 Å². The third-order valence-electron chi connectivity index (χ3n) is 6.32. The number of aromatic nitrogens is 1. The number of benzene rings is 1. The average Bonchev–Trinajstić information content (AvgIpc) is 3.55. The lowest BCUT2D eigenvalue weighted by molar-refractivity contribution is -0.128. The molecule has 2 heterocycles. The molecule has 2 aromatic heterocycles. The molecule has 0 saturated heterocycles. The Morgan fingerprint density at radius 3 is 2.44 bits per heavy atom. The molecule has 0 spiro atoms. The van der Waals surface area contributed by atoms with Gasteiger partial charge in [0.2, 0.25) is 11.8 Å². The fourth-order valence-electron chi connectivity index (χ4n) is 4.62. The summed E-state index contributed by atoms with van der Waals surface area (Å²) >= 11 is 1.20. The minimum atomic E-state index is -0.805. The molecule has 1 aromatic carbocycles. The van der Waals surface area contributed by atoms with Gasteiger partial charge >= 0.3 is 0 Å². The first-order chi connectivity index (χ1) is 17.5. The zero-order chi connectivity index (χ0) is 25.3. The van der Waals surface area contributed by atoms with Crippen molar-refractivity contribution in [2.24, 2.45) is 0 Å². The van der Waals surface area contributed by atoms with E-state index in [1.807, 2.05) is 43.3 Å². The monoisotopic (exact) mass is 509 g/mol. The van der Waals surface area contributed by atoms with Crippen LogP contribution in [0.15, 0.2) is 63.7 Å². The maximum Gasteiger partial charge on any atom is 0.235 e. The van der Waals surface area contributed by atoms with Crippen LogP contribution in [0.4, 0.5) is 5.82 Å². The number of Topliss-reactive ketones (excluding diaryl/α,β-unsaturated/α-hetero) is 1. The Hall–Kier alpha value is -3.33. The van der Waals surface area contributed by atoms with E-state index in [9.17, 15) is 14.4 Å². The van der Waals surface area contributed by atoms with E-state index in [1.54, 1.807) is 12.1 Å². The summed E-state index contributed by atoms with van der Waals surface area (Å²) in [5.74, 6) is -0.571. The summed E-state index contributed by atoms with van der Waals surface area (Å²) in [5.41, 5.74) is 0.744. The number of carbonyl (C=O) groups is 3. The summed E-state index contributed by atoms with van der Waals surface area (Å²) in [5, 5.41) is 9.46. The van der Waals surface area contributed by atoms with E-state index in [1.165, 1.54) is 24.4 Å². The van der Waals surface area contributed by atoms with Gasteiger partial charge in [-0.05, 0) is 37.5 Å². The maximum absolute atomic E-state index is 13.7. The molecule has 1 aliphatic rings. The molecule has 36 heavy (non-hydrogen) atoms. The van der Waals surface area contributed by atoms with Crippen molar-refractivity contribution in [3.63, 3.8) is 0 Å². The van der Waals surface area contributed by atoms with Crippen LogP contribution in [0.5, 0.6) is 0 Å². The highest BCUT2D eigenvalue weighted by atomic mass is 32.2. The molecular formula is C27H31N3O5S. The molecule has 190 valence electrons. The summed E-state index contributed by atoms with van der Waals surface area (Å²) in [6.07, 6.45) is 6.60. The van der Waals surface area contributed by atoms with Crippen molar-refractivity contribution in [2.45, 2.75) is 56.9 Å². The van der Waals surface area contributed by atoms with E-state index in [0.29, 0.717) is 17.3 Å². The third kappa shape index (κ3) is 6.87. The summed E-state index contributed by atoms with van der Waals surface area (Å²) in [4.78, 5) is 39.6. The van der Waals surface area contributed by atoms with Crippen molar-refractivity contribution in [2.75, 3.05) is 16.8 Å². The van der Waals surface area contributed by atoms with Crippen molar-refractivity contribution in [1.82, 2.24) is 10.5 Å². The Morgan fingerprint density at radius 1 is 1.00 bits per heavy atom. The SMILES string of the molecule is Cc1ccc(C(C(=O)NC2CCCCC2)C(C(=O)CSCC(=O)Nc2ccon2)c2ccccc2)o1. The van der Waals surface area contributed by atoms with Gasteiger partial charge < -0.3 is 19.6 Å². The topological polar surface area (TPSA) is 114 Å². The van der Waals surface area contributed by atoms with Crippen molar-refractivity contribution in [3.05, 3.63) is 71.9 Å². The largest absolute Gasteiger partial charge is 0.466 e. The Bertz CT molecular complexity index is 1140. The molecule has 2 amide bonds. The van der Waals surface area contributed by atoms with E-state index in [4.69, 9.17) is 8.94 Å². The number of thioether (sulfide) groups is 1. The molecule has 0 bridgehead atoms. The van der Waals surface area contributed by atoms with Crippen LogP contribution in [-0.4, -0.2) is 40.3 Å². The first-order valence-corrected chi connectivity index (χ1v) is 13.4. The van der Waals surface area contributed by atoms with Crippen molar-refractivity contribution >= 4 is 35.2 Å². The van der Waals surface area contributed by atoms with Crippen LogP contribution in [0.3, 0.4) is 0 Å². The lowest BCUT2D eigenvalue weighted by atomic mass is 9.80. The maximum atomic E-state index is 13.7. The van der Waals surface area contributed by atoms with Crippen molar-refractivity contribution in [3.8, 4) is 0 Å². The number of carbonyl (C=O) groups excluding carboxylic acids is 3. The van der Waals surface area contributed by atoms with Crippen LogP contribution in [0, 0.1) is 6.92 Å². The van der Waals surface area contributed by atoms with Crippen LogP contribution >= 0.6 is 11.8 Å². The molecule has 1 fully saturated rings. The van der Waals surface area contributed by atoms with Gasteiger partial charge in [0, 0.05) is 12.1 Å². The van der Waals surface area contributed by atoms with E-state index in [-0.39, 0.29) is 35.1 Å². The summed E-state index contributed by atoms with van der Waals surface area (Å²) in [7, 11) is 0. The fraction of sp³-hybridized carbons (Fsp3) is 0.407. The van der Waals surface area contributed by atoms with Crippen LogP contribution in [0.25, 0.3) is 0 Å². The van der Waals surface area contributed by atoms with Gasteiger partial charge in [0.05, 0.1) is 17.4 Å². The number of ketones is 1. The van der Waals surface area contributed by atoms with Crippen LogP contribution in [-0.2, 0) is 14.4 Å². The minimum Gasteiger partial charge on any atom is -0.466 e. The minimum absolute atomic E-state index is 0.0682. The first-order valence-electron chi connectivity index (χ1n) is 12.2. The van der Waals surface area contributed by atoms with Crippen molar-refractivity contribution < 1.29 is 23.3 Å². The lowest BCUT2D eigenvalue weighted by Gasteiger charge is -2.28. The average molecular weight is 510 g/mol. The van der Waals surface area contributed by atoms with Gasteiger partial charge in [-0.3, -0.25) is 14.4 Å². The number of aryl methyl sites for hydroxylation is 1. The molecular weight excluding hydrogens is 478 g/mol. The lowest BCUT2D eigenvalue weighted by Crippen LogP contribution is -2.42. The Balaban J connectivity index is 1.53. The molecule has 1 aliphatic carbocycles. The summed E-state index contributed by atoms with van der Waals surface area (Å²) < 4.78 is 10.6. The molecule has 2 N–H and O–H groups in total. The van der Waals surface area contributed by atoms with Gasteiger partial charge in [0.25, 0.3) is 0 Å². The summed E-state index contributed by atoms with van der Waals surface area (Å²) in [6, 6.07) is 14.6. The number of anilines is 1. The molecule has 0 radical (unpaired) electrons. The molecule has 2 unspecified atom stereocenters. The Morgan fingerprint density at radius 2 is 1.78 bits per heavy atom. The second-order valence-corrected chi connectivity index (χ2v) is 10.0. The second-order valence-electron chi connectivity index (χ2n) is 9.05. The highest BCUT2D eigenvalue weighted by Gasteiger charge is 2.39. The van der Waals surface area contributed by atoms with Crippen LogP contribution in [0.1, 0.15) is 61.0 Å². The van der Waals surface area contributed by atoms with Gasteiger partial charge in [0.15, 0.2) is 11.6 Å². The quantitative estimate of drug-likeness (QED) is 0.380. The number of nitrogens with zero attached hydrogens (tertiary/aromatic N) is 1. The van der Waals surface area contributed by atoms with Crippen LogP contribution < -0.4 is 10.6 Å². The van der Waals surface area contributed by atoms with Crippen molar-refractivity contribution in [1.29, 1.82) is 0 Å². The highest BCUT2D eigenvalue weighted by Crippen LogP contribution is 2.36. The molecule has 1 saturated carbocycles. The molecule has 4 rings (SSSR count). The first kappa shape index (κ1) is 25.8. The third-order valence-corrected chi connectivity index (χ3v) is 7.28. The predicted molar refractivity (Wildman–Crippen MR) is 138 cm³/mol. The Kier molecular flexibility index (Phi) is 9.00. The molecule has 9 heteroatoms. The molecule has 3 aromatic rings. The number of amides is 2. The van der Waals surface area contributed by atoms with Gasteiger partial charge in [-0.2, -0.15) is 0 Å². The number of hydrogen-bond donors (Lipinski definition) is 2. The van der Waals surface area contributed by atoms with Crippen LogP contribution in [0.2, 0.25) is 0 Å². The number of rotatable bonds is 11. The van der Waals surface area contributed by atoms with Gasteiger partial charge in [-0.25, -0.2) is 0 Å². The normalized spacial score (nSPS) is 15.7. The zero-order valence-electron chi connectivity index (χ0n) is 20.3. The fourth-order valence-corrected chi connectivity index (χ4v) is 5.36. The molecule has 0 aliphatic heterocycles. The Labute approximate surface area is 214 Å². The molecule has 8 nitrogen and oxygen atoms in total. The van der Waals surface area contributed by atoms with Gasteiger partial charge in [-0.1, -0.05) is 54.8 Å². The van der Waals surface area contributed by atoms with E-state index >= 15 is 0 Å². The predicted octanol–water partition coefficient (Wildman–Crippen LogP) is 4.83. The standard InChI is InChI=1S/C27H31N3O5S/c1-18-12-13-22(35-18)26(27(33)28-20-10-6-3-7-11-20)25(19-8-4-2-5-9-19)21(31)16-36-17-24(32)29-23-14-15-34-30-23/h2,4-5,8-9,12-15,20,25-26H,3,6-7,10-11,16-17H2,1H3,(H,28,33)(H,29,30,32). The zero-order valence-corrected chi connectivity index (χ0v) is 21.1. The highest BCUT2D eigenvalue weighted by molar-refractivity contribution is 8.00. The number of nitrogens with one attached hydrogen (secondary N) is 2. The van der Waals surface area contributed by atoms with E-state index in [0.717, 1.165) is 31.2 Å². The number of furan rings is 1. The second kappa shape index (κ2) is 12.6. The van der Waals surface area contributed by atoms with Gasteiger partial charge in [0.1, 0.15) is 23.7 Å². The van der Waals surface area contributed by atoms with Gasteiger partial charge in [-0.15, -0.1) is 11.8 Å². The number of hydrogen-bond acceptors (Lipinski definition) is 7. The molecule has 2 atom stereocenters. The smallest absolute Gasteiger partial charge is 0.235 e.